The van der Waals surface area contributed by atoms with Crippen LogP contribution in [0.5, 0.6) is 0 Å². The van der Waals surface area contributed by atoms with Crippen molar-refractivity contribution in [1.29, 1.82) is 0 Å². The minimum Gasteiger partial charge on any atom is -0.354 e. The lowest BCUT2D eigenvalue weighted by molar-refractivity contribution is -0.123. The topological polar surface area (TPSA) is 55.1 Å². The van der Waals surface area contributed by atoms with Crippen molar-refractivity contribution in [2.75, 3.05) is 6.54 Å². The molecule has 4 heteroatoms. The zero-order valence-corrected chi connectivity index (χ0v) is 11.6. The molecule has 1 saturated carbocycles. The van der Waals surface area contributed by atoms with Gasteiger partial charge in [-0.05, 0) is 30.1 Å². The van der Waals surface area contributed by atoms with Crippen LogP contribution < -0.4 is 11.1 Å². The van der Waals surface area contributed by atoms with Crippen LogP contribution in [0.3, 0.4) is 0 Å². The van der Waals surface area contributed by atoms with E-state index in [1.54, 1.807) is 0 Å². The SMILES string of the molecule is CC(C)[C@@H](N)C(=O)NCC1(C(C)C)CC1.Cl. The average molecular weight is 249 g/mol. The van der Waals surface area contributed by atoms with E-state index in [-0.39, 0.29) is 30.3 Å². The quantitative estimate of drug-likeness (QED) is 0.781. The van der Waals surface area contributed by atoms with Crippen LogP contribution in [0.4, 0.5) is 0 Å². The van der Waals surface area contributed by atoms with Gasteiger partial charge in [-0.15, -0.1) is 12.4 Å². The van der Waals surface area contributed by atoms with E-state index in [1.807, 2.05) is 13.8 Å². The van der Waals surface area contributed by atoms with E-state index in [2.05, 4.69) is 19.2 Å². The Hall–Kier alpha value is -0.280. The molecule has 0 aromatic carbocycles. The second kappa shape index (κ2) is 5.87. The fourth-order valence-corrected chi connectivity index (χ4v) is 1.80. The Morgan fingerprint density at radius 1 is 1.31 bits per heavy atom. The minimum absolute atomic E-state index is 0. The first-order valence-electron chi connectivity index (χ1n) is 5.92. The average Bonchev–Trinajstić information content (AvgIpc) is 2.93. The summed E-state index contributed by atoms with van der Waals surface area (Å²) in [5.41, 5.74) is 6.14. The van der Waals surface area contributed by atoms with Crippen molar-refractivity contribution >= 4 is 18.3 Å². The van der Waals surface area contributed by atoms with E-state index in [9.17, 15) is 4.79 Å². The van der Waals surface area contributed by atoms with E-state index in [0.717, 1.165) is 6.54 Å². The first-order chi connectivity index (χ1) is 6.89. The number of halogens is 1. The summed E-state index contributed by atoms with van der Waals surface area (Å²) in [5, 5.41) is 2.98. The van der Waals surface area contributed by atoms with Gasteiger partial charge in [0, 0.05) is 6.54 Å². The number of carbonyl (C=O) groups is 1. The molecule has 0 aromatic rings. The van der Waals surface area contributed by atoms with E-state index < -0.39 is 0 Å². The number of nitrogens with two attached hydrogens (primary N) is 1. The van der Waals surface area contributed by atoms with Crippen molar-refractivity contribution in [3.05, 3.63) is 0 Å². The fraction of sp³-hybridized carbons (Fsp3) is 0.917. The molecule has 3 nitrogen and oxygen atoms in total. The highest BCUT2D eigenvalue weighted by Crippen LogP contribution is 2.51. The maximum atomic E-state index is 11.6. The van der Waals surface area contributed by atoms with Crippen LogP contribution in [0.15, 0.2) is 0 Å². The van der Waals surface area contributed by atoms with Gasteiger partial charge in [0.15, 0.2) is 0 Å². The van der Waals surface area contributed by atoms with Gasteiger partial charge in [0.05, 0.1) is 6.04 Å². The highest BCUT2D eigenvalue weighted by Gasteiger charge is 2.45. The Bertz CT molecular complexity index is 237. The summed E-state index contributed by atoms with van der Waals surface area (Å²) in [4.78, 5) is 11.6. The molecule has 3 N–H and O–H groups in total. The van der Waals surface area contributed by atoms with Crippen LogP contribution in [-0.4, -0.2) is 18.5 Å². The summed E-state index contributed by atoms with van der Waals surface area (Å²) in [6.45, 7) is 9.19. The van der Waals surface area contributed by atoms with Crippen molar-refractivity contribution in [3.63, 3.8) is 0 Å². The van der Waals surface area contributed by atoms with Crippen molar-refractivity contribution in [2.24, 2.45) is 23.0 Å². The van der Waals surface area contributed by atoms with Crippen molar-refractivity contribution in [3.8, 4) is 0 Å². The van der Waals surface area contributed by atoms with Gasteiger partial charge in [-0.3, -0.25) is 4.79 Å². The zero-order valence-electron chi connectivity index (χ0n) is 10.7. The molecular formula is C12H25ClN2O. The molecule has 1 aliphatic rings. The van der Waals surface area contributed by atoms with E-state index in [1.165, 1.54) is 12.8 Å². The van der Waals surface area contributed by atoms with Crippen molar-refractivity contribution < 1.29 is 4.79 Å². The Balaban J connectivity index is 0.00000225. The number of carbonyl (C=O) groups excluding carboxylic acids is 1. The maximum absolute atomic E-state index is 11.6. The molecule has 1 aliphatic carbocycles. The second-order valence-electron chi connectivity index (χ2n) is 5.50. The normalized spacial score (nSPS) is 19.2. The molecule has 1 atom stereocenters. The smallest absolute Gasteiger partial charge is 0.237 e. The molecule has 96 valence electrons. The molecular weight excluding hydrogens is 224 g/mol. The molecule has 1 fully saturated rings. The monoisotopic (exact) mass is 248 g/mol. The van der Waals surface area contributed by atoms with Crippen molar-refractivity contribution in [1.82, 2.24) is 5.32 Å². The third kappa shape index (κ3) is 3.63. The van der Waals surface area contributed by atoms with E-state index in [4.69, 9.17) is 5.73 Å². The lowest BCUT2D eigenvalue weighted by Gasteiger charge is -2.22. The first kappa shape index (κ1) is 15.7. The van der Waals surface area contributed by atoms with Crippen molar-refractivity contribution in [2.45, 2.75) is 46.6 Å². The van der Waals surface area contributed by atoms with Crippen LogP contribution in [0.2, 0.25) is 0 Å². The van der Waals surface area contributed by atoms with Gasteiger partial charge in [0.2, 0.25) is 5.91 Å². The highest BCUT2D eigenvalue weighted by atomic mass is 35.5. The number of amides is 1. The Labute approximate surface area is 105 Å². The van der Waals surface area contributed by atoms with Crippen LogP contribution in [0, 0.1) is 17.3 Å². The molecule has 0 unspecified atom stereocenters. The fourth-order valence-electron chi connectivity index (χ4n) is 1.80. The molecule has 0 spiro atoms. The summed E-state index contributed by atoms with van der Waals surface area (Å²) in [5.74, 6) is 0.851. The molecule has 1 amide bonds. The third-order valence-electron chi connectivity index (χ3n) is 3.75. The van der Waals surface area contributed by atoms with Crippen LogP contribution in [-0.2, 0) is 4.79 Å². The number of hydrogen-bond acceptors (Lipinski definition) is 2. The van der Waals surface area contributed by atoms with Crippen LogP contribution >= 0.6 is 12.4 Å². The van der Waals surface area contributed by atoms with Gasteiger partial charge >= 0.3 is 0 Å². The molecule has 0 bridgehead atoms. The summed E-state index contributed by atoms with van der Waals surface area (Å²) in [7, 11) is 0. The first-order valence-corrected chi connectivity index (χ1v) is 5.92. The number of nitrogens with one attached hydrogen (secondary N) is 1. The lowest BCUT2D eigenvalue weighted by atomic mass is 9.92. The Morgan fingerprint density at radius 2 is 1.81 bits per heavy atom. The largest absolute Gasteiger partial charge is 0.354 e. The number of rotatable bonds is 5. The van der Waals surface area contributed by atoms with Gasteiger partial charge in [0.1, 0.15) is 0 Å². The highest BCUT2D eigenvalue weighted by molar-refractivity contribution is 5.85. The predicted octanol–water partition coefficient (Wildman–Crippen LogP) is 1.94. The maximum Gasteiger partial charge on any atom is 0.237 e. The summed E-state index contributed by atoms with van der Waals surface area (Å²) in [6, 6.07) is -0.368. The standard InChI is InChI=1S/C12H24N2O.ClH/c1-8(2)10(13)11(15)14-7-12(5-6-12)9(3)4;/h8-10H,5-7,13H2,1-4H3,(H,14,15);1H/t10-;/m1./s1. The molecule has 16 heavy (non-hydrogen) atoms. The molecule has 0 aliphatic heterocycles. The Kier molecular flexibility index (Phi) is 5.77. The van der Waals surface area contributed by atoms with E-state index in [0.29, 0.717) is 11.3 Å². The van der Waals surface area contributed by atoms with Gasteiger partial charge in [-0.1, -0.05) is 27.7 Å². The predicted molar refractivity (Wildman–Crippen MR) is 69.6 cm³/mol. The minimum atomic E-state index is -0.368. The molecule has 0 radical (unpaired) electrons. The summed E-state index contributed by atoms with van der Waals surface area (Å²) in [6.07, 6.45) is 2.48. The molecule has 0 heterocycles. The third-order valence-corrected chi connectivity index (χ3v) is 3.75. The molecule has 1 rings (SSSR count). The number of hydrogen-bond donors (Lipinski definition) is 2. The summed E-state index contributed by atoms with van der Waals surface area (Å²) >= 11 is 0. The van der Waals surface area contributed by atoms with Gasteiger partial charge in [-0.25, -0.2) is 0 Å². The molecule has 0 saturated heterocycles. The lowest BCUT2D eigenvalue weighted by Crippen LogP contribution is -2.46. The zero-order chi connectivity index (χ0) is 11.6. The van der Waals surface area contributed by atoms with E-state index >= 15 is 0 Å². The second-order valence-corrected chi connectivity index (χ2v) is 5.50. The van der Waals surface area contributed by atoms with Gasteiger partial charge in [0.25, 0.3) is 0 Å². The summed E-state index contributed by atoms with van der Waals surface area (Å²) < 4.78 is 0. The molecule has 0 aromatic heterocycles. The van der Waals surface area contributed by atoms with Crippen LogP contribution in [0.1, 0.15) is 40.5 Å². The van der Waals surface area contributed by atoms with Crippen LogP contribution in [0.25, 0.3) is 0 Å². The Morgan fingerprint density at radius 3 is 2.12 bits per heavy atom. The van der Waals surface area contributed by atoms with Gasteiger partial charge in [-0.2, -0.15) is 0 Å². The van der Waals surface area contributed by atoms with Gasteiger partial charge < -0.3 is 11.1 Å².